The van der Waals surface area contributed by atoms with Gasteiger partial charge in [-0.3, -0.25) is 19.7 Å². The van der Waals surface area contributed by atoms with Crippen LogP contribution >= 0.6 is 11.6 Å². The standard InChI is InChI=1S/C20H18ClN9O2/c1-10(25-19(31)15-16(22)28-29-9-3-7-23-18(15)29)17-26-12-5-2-4-11(21)14(12)20(32)30(17)13-6-8-24-27-13/h2-10,16,28H,22H2,1H3,(H,24,27)(H,25,31)/t10-,16?/m0/s1. The number of hydrogen-bond donors (Lipinski definition) is 4. The van der Waals surface area contributed by atoms with Crippen molar-refractivity contribution >= 4 is 34.6 Å². The monoisotopic (exact) mass is 451 g/mol. The van der Waals surface area contributed by atoms with Gasteiger partial charge in [-0.05, 0) is 25.1 Å². The minimum atomic E-state index is -0.742. The first-order valence-corrected chi connectivity index (χ1v) is 10.1. The molecule has 32 heavy (non-hydrogen) atoms. The van der Waals surface area contributed by atoms with E-state index < -0.39 is 23.7 Å². The molecule has 1 aromatic carbocycles. The van der Waals surface area contributed by atoms with Crippen LogP contribution in [0, 0.1) is 0 Å². The van der Waals surface area contributed by atoms with Crippen LogP contribution in [0.5, 0.6) is 0 Å². The van der Waals surface area contributed by atoms with Crippen molar-refractivity contribution < 1.29 is 4.79 Å². The van der Waals surface area contributed by atoms with E-state index in [-0.39, 0.29) is 16.0 Å². The highest BCUT2D eigenvalue weighted by atomic mass is 35.5. The Morgan fingerprint density at radius 2 is 2.19 bits per heavy atom. The average Bonchev–Trinajstić information content (AvgIpc) is 3.40. The number of nitrogens with two attached hydrogens (primary N) is 1. The summed E-state index contributed by atoms with van der Waals surface area (Å²) in [6.45, 7) is 1.72. The maximum Gasteiger partial charge on any atom is 0.268 e. The number of aromatic nitrogens is 4. The molecule has 4 heterocycles. The van der Waals surface area contributed by atoms with Gasteiger partial charge in [-0.25, -0.2) is 20.0 Å². The predicted molar refractivity (Wildman–Crippen MR) is 119 cm³/mol. The third-order valence-corrected chi connectivity index (χ3v) is 5.46. The Labute approximate surface area is 186 Å². The van der Waals surface area contributed by atoms with Crippen LogP contribution < -0.4 is 22.0 Å². The summed E-state index contributed by atoms with van der Waals surface area (Å²) < 4.78 is 1.33. The number of rotatable bonds is 4. The van der Waals surface area contributed by atoms with Crippen LogP contribution in [0.2, 0.25) is 5.02 Å². The number of aromatic amines is 1. The quantitative estimate of drug-likeness (QED) is 0.460. The van der Waals surface area contributed by atoms with Gasteiger partial charge in [-0.15, -0.1) is 0 Å². The molecule has 2 aliphatic heterocycles. The Hall–Kier alpha value is -3.80. The van der Waals surface area contributed by atoms with E-state index in [0.717, 1.165) is 0 Å². The van der Waals surface area contributed by atoms with Crippen molar-refractivity contribution in [1.29, 1.82) is 0 Å². The minimum Gasteiger partial charge on any atom is -0.342 e. The van der Waals surface area contributed by atoms with Crippen LogP contribution in [-0.4, -0.2) is 43.0 Å². The highest BCUT2D eigenvalue weighted by molar-refractivity contribution is 6.35. The van der Waals surface area contributed by atoms with E-state index in [0.29, 0.717) is 23.0 Å². The van der Waals surface area contributed by atoms with E-state index in [1.807, 2.05) is 0 Å². The van der Waals surface area contributed by atoms with E-state index >= 15 is 0 Å². The molecule has 5 N–H and O–H groups in total. The van der Waals surface area contributed by atoms with Gasteiger partial charge in [0, 0.05) is 24.7 Å². The Balaban J connectivity index is 1.58. The third-order valence-electron chi connectivity index (χ3n) is 5.14. The lowest BCUT2D eigenvalue weighted by atomic mass is 10.1. The molecule has 2 atom stereocenters. The maximum atomic E-state index is 13.4. The lowest BCUT2D eigenvalue weighted by Crippen LogP contribution is -2.43. The highest BCUT2D eigenvalue weighted by Crippen LogP contribution is 2.25. The van der Waals surface area contributed by atoms with Gasteiger partial charge in [0.25, 0.3) is 11.5 Å². The number of H-pyrrole nitrogens is 1. The summed E-state index contributed by atoms with van der Waals surface area (Å²) in [5.41, 5.74) is 9.35. The molecule has 11 nitrogen and oxygen atoms in total. The van der Waals surface area contributed by atoms with Gasteiger partial charge < -0.3 is 11.1 Å². The van der Waals surface area contributed by atoms with Crippen molar-refractivity contribution in [3.63, 3.8) is 0 Å². The topological polar surface area (TPSA) is 146 Å². The van der Waals surface area contributed by atoms with Gasteiger partial charge in [0.15, 0.2) is 11.6 Å². The number of aliphatic imine (C=N–C) groups is 1. The number of carbonyl (C=O) groups excluding carboxylic acids is 1. The summed E-state index contributed by atoms with van der Waals surface area (Å²) in [7, 11) is 0. The van der Waals surface area contributed by atoms with Gasteiger partial charge in [-0.1, -0.05) is 17.7 Å². The molecule has 1 amide bonds. The molecule has 0 aliphatic carbocycles. The summed E-state index contributed by atoms with van der Waals surface area (Å²) in [5, 5.41) is 11.8. The van der Waals surface area contributed by atoms with Crippen molar-refractivity contribution in [3.05, 3.63) is 75.3 Å². The second-order valence-corrected chi connectivity index (χ2v) is 7.61. The first-order valence-electron chi connectivity index (χ1n) is 9.74. The Bertz CT molecular complexity index is 1370. The molecule has 1 unspecified atom stereocenters. The molecular formula is C20H18ClN9O2. The zero-order chi connectivity index (χ0) is 22.4. The molecule has 0 saturated heterocycles. The smallest absolute Gasteiger partial charge is 0.268 e. The van der Waals surface area contributed by atoms with Crippen LogP contribution in [0.3, 0.4) is 0 Å². The van der Waals surface area contributed by atoms with Gasteiger partial charge in [0.2, 0.25) is 0 Å². The van der Waals surface area contributed by atoms with Crippen molar-refractivity contribution in [3.8, 4) is 5.82 Å². The first-order chi connectivity index (χ1) is 15.5. The van der Waals surface area contributed by atoms with E-state index in [1.165, 1.54) is 4.57 Å². The number of hydrazine groups is 1. The normalized spacial score (nSPS) is 18.3. The summed E-state index contributed by atoms with van der Waals surface area (Å²) >= 11 is 6.28. The molecule has 12 heteroatoms. The van der Waals surface area contributed by atoms with Crippen LogP contribution in [0.15, 0.2) is 63.9 Å². The number of nitrogens with one attached hydrogen (secondary N) is 3. The molecule has 0 spiro atoms. The molecule has 0 fully saturated rings. The minimum absolute atomic E-state index is 0.269. The SMILES string of the molecule is C[C@H](NC(=O)C1=C2N=CC=CN2NC1N)c1nc2cccc(Cl)c2c(=O)n1-c1cc[nH]n1. The molecule has 2 aliphatic rings. The van der Waals surface area contributed by atoms with Crippen LogP contribution in [0.1, 0.15) is 18.8 Å². The fraction of sp³-hybridized carbons (Fsp3) is 0.150. The summed E-state index contributed by atoms with van der Waals surface area (Å²) in [5.74, 6) is 0.596. The zero-order valence-electron chi connectivity index (χ0n) is 16.8. The van der Waals surface area contributed by atoms with Gasteiger partial charge >= 0.3 is 0 Å². The van der Waals surface area contributed by atoms with E-state index in [2.05, 4.69) is 30.9 Å². The third kappa shape index (κ3) is 3.19. The summed E-state index contributed by atoms with van der Waals surface area (Å²) in [6, 6.07) is 5.99. The number of allylic oxidation sites excluding steroid dienone is 1. The Morgan fingerprint density at radius 1 is 1.34 bits per heavy atom. The van der Waals surface area contributed by atoms with Gasteiger partial charge in [-0.2, -0.15) is 5.10 Å². The van der Waals surface area contributed by atoms with E-state index in [4.69, 9.17) is 17.3 Å². The lowest BCUT2D eigenvalue weighted by Gasteiger charge is -2.19. The molecule has 162 valence electrons. The number of carbonyl (C=O) groups is 1. The first kappa shape index (κ1) is 20.1. The molecule has 0 radical (unpaired) electrons. The maximum absolute atomic E-state index is 13.4. The van der Waals surface area contributed by atoms with Crippen molar-refractivity contribution in [2.45, 2.75) is 19.1 Å². The predicted octanol–water partition coefficient (Wildman–Crippen LogP) is 0.854. The highest BCUT2D eigenvalue weighted by Gasteiger charge is 2.34. The van der Waals surface area contributed by atoms with E-state index in [1.54, 1.807) is 60.9 Å². The molecule has 2 aromatic heterocycles. The number of halogens is 1. The Morgan fingerprint density at radius 3 is 2.97 bits per heavy atom. The molecule has 0 bridgehead atoms. The van der Waals surface area contributed by atoms with E-state index in [9.17, 15) is 9.59 Å². The molecule has 3 aromatic rings. The number of benzene rings is 1. The Kier molecular flexibility index (Phi) is 4.85. The second kappa shape index (κ2) is 7.71. The molecular weight excluding hydrogens is 434 g/mol. The molecule has 5 rings (SSSR count). The van der Waals surface area contributed by atoms with Gasteiger partial charge in [0.05, 0.1) is 27.5 Å². The van der Waals surface area contributed by atoms with Crippen molar-refractivity contribution in [2.75, 3.05) is 0 Å². The second-order valence-electron chi connectivity index (χ2n) is 7.21. The fourth-order valence-electron chi connectivity index (χ4n) is 3.71. The van der Waals surface area contributed by atoms with Crippen LogP contribution in [0.4, 0.5) is 0 Å². The van der Waals surface area contributed by atoms with Crippen LogP contribution in [0.25, 0.3) is 16.7 Å². The fourth-order valence-corrected chi connectivity index (χ4v) is 3.96. The van der Waals surface area contributed by atoms with Crippen LogP contribution in [-0.2, 0) is 4.79 Å². The number of hydrogen-bond acceptors (Lipinski definition) is 8. The van der Waals surface area contributed by atoms with Gasteiger partial charge in [0.1, 0.15) is 12.0 Å². The van der Waals surface area contributed by atoms with Crippen molar-refractivity contribution in [2.24, 2.45) is 10.7 Å². The van der Waals surface area contributed by atoms with Crippen molar-refractivity contribution in [1.82, 2.24) is 35.5 Å². The number of nitrogens with zero attached hydrogens (tertiary/aromatic N) is 5. The average molecular weight is 452 g/mol. The lowest BCUT2D eigenvalue weighted by molar-refractivity contribution is -0.118. The number of amides is 1. The summed E-state index contributed by atoms with van der Waals surface area (Å²) in [4.78, 5) is 35.3. The number of fused-ring (bicyclic) bond motifs is 2. The summed E-state index contributed by atoms with van der Waals surface area (Å²) in [6.07, 6.45) is 5.86. The molecule has 0 saturated carbocycles. The largest absolute Gasteiger partial charge is 0.342 e. The zero-order valence-corrected chi connectivity index (χ0v) is 17.5.